The molecule has 4 N–H and O–H groups in total. The van der Waals surface area contributed by atoms with Crippen LogP contribution < -0.4 is 21.5 Å². The van der Waals surface area contributed by atoms with E-state index in [4.69, 9.17) is 0 Å². The van der Waals surface area contributed by atoms with Crippen LogP contribution in [0.1, 0.15) is 96.3 Å². The Morgan fingerprint density at radius 3 is 1.28 bits per heavy atom. The highest BCUT2D eigenvalue weighted by Crippen LogP contribution is 2.29. The van der Waals surface area contributed by atoms with E-state index in [1.165, 1.54) is 11.1 Å². The maximum absolute atomic E-state index is 12.9. The van der Waals surface area contributed by atoms with Crippen molar-refractivity contribution in [3.63, 3.8) is 0 Å². The molecule has 0 radical (unpaired) electrons. The molecule has 0 unspecified atom stereocenters. The van der Waals surface area contributed by atoms with Crippen LogP contribution in [0.2, 0.25) is 0 Å². The highest BCUT2D eigenvalue weighted by atomic mass is 16.2. The summed E-state index contributed by atoms with van der Waals surface area (Å²) in [5.74, 6) is 0.313. The molecule has 4 aromatic carbocycles. The Kier molecular flexibility index (Phi) is 14.6. The number of nitrogens with one attached hydrogen (secondary N) is 4. The fourth-order valence-electron chi connectivity index (χ4n) is 6.85. The highest BCUT2D eigenvalue weighted by Gasteiger charge is 2.21. The average Bonchev–Trinajstić information content (AvgIpc) is 3.21. The Morgan fingerprint density at radius 2 is 0.897 bits per heavy atom. The van der Waals surface area contributed by atoms with Gasteiger partial charge >= 0.3 is 0 Å². The Morgan fingerprint density at radius 1 is 0.534 bits per heavy atom. The van der Waals surface area contributed by atoms with E-state index in [1.54, 1.807) is 0 Å². The lowest BCUT2D eigenvalue weighted by molar-refractivity contribution is 0.0947. The van der Waals surface area contributed by atoms with Crippen LogP contribution in [0.3, 0.4) is 0 Å². The lowest BCUT2D eigenvalue weighted by atomic mass is 9.85. The minimum atomic E-state index is -0.226. The van der Waals surface area contributed by atoms with Crippen molar-refractivity contribution in [3.8, 4) is 0 Å². The minimum Gasteiger partial charge on any atom is -0.355 e. The Bertz CT molecular complexity index is 2160. The van der Waals surface area contributed by atoms with E-state index in [9.17, 15) is 9.59 Å². The summed E-state index contributed by atoms with van der Waals surface area (Å²) in [7, 11) is 0. The van der Waals surface area contributed by atoms with Crippen LogP contribution in [-0.4, -0.2) is 23.2 Å². The lowest BCUT2D eigenvalue weighted by Gasteiger charge is -2.22. The zero-order valence-corrected chi connectivity index (χ0v) is 35.3. The van der Waals surface area contributed by atoms with E-state index < -0.39 is 0 Å². The van der Waals surface area contributed by atoms with Crippen LogP contribution in [0.5, 0.6) is 0 Å². The summed E-state index contributed by atoms with van der Waals surface area (Å²) in [6.45, 7) is 24.6. The molecule has 2 amide bonds. The van der Waals surface area contributed by atoms with E-state index in [1.807, 2.05) is 100 Å². The molecule has 2 aliphatic rings. The second kappa shape index (κ2) is 19.7. The molecule has 58 heavy (non-hydrogen) atoms. The molecule has 0 fully saturated rings. The maximum atomic E-state index is 12.9. The smallest absolute Gasteiger partial charge is 0.273 e. The van der Waals surface area contributed by atoms with Gasteiger partial charge in [-0.3, -0.25) is 9.59 Å². The van der Waals surface area contributed by atoms with Gasteiger partial charge in [0.25, 0.3) is 11.8 Å². The SMILES string of the molecule is C=C(C)[C@@H]1CC=C(C)/C(=N/NC(=O)c2ccccc2Nc2cccc(C)c2C)C1.C=C(C)[C@@H]1CC=C(C)/C(=N/NC(=O)c2ccccc2Nc2cccc(C)c2C)C1. The number of aryl methyl sites for hydroxylation is 2. The third-order valence-corrected chi connectivity index (χ3v) is 11.3. The number of nitrogens with zero attached hydrogens (tertiary/aromatic N) is 2. The molecule has 2 atom stereocenters. The normalized spacial score (nSPS) is 17.6. The number of rotatable bonds is 10. The summed E-state index contributed by atoms with van der Waals surface area (Å²) < 4.78 is 0. The van der Waals surface area contributed by atoms with Crippen LogP contribution in [-0.2, 0) is 0 Å². The highest BCUT2D eigenvalue weighted by molar-refractivity contribution is 6.05. The van der Waals surface area contributed by atoms with Gasteiger partial charge in [-0.1, -0.05) is 85.0 Å². The molecule has 2 aliphatic carbocycles. The predicted octanol–water partition coefficient (Wildman–Crippen LogP) is 12.1. The first kappa shape index (κ1) is 42.9. The number of allylic oxidation sites excluding steroid dienone is 6. The summed E-state index contributed by atoms with van der Waals surface area (Å²) in [6, 6.07) is 27.2. The Hall–Kier alpha value is -6.28. The number of hydrogen-bond acceptors (Lipinski definition) is 6. The van der Waals surface area contributed by atoms with Crippen LogP contribution in [0, 0.1) is 39.5 Å². The monoisotopic (exact) mass is 774 g/mol. The van der Waals surface area contributed by atoms with Gasteiger partial charge in [0.2, 0.25) is 0 Å². The quantitative estimate of drug-likeness (QED) is 0.0950. The number of hydrogen-bond donors (Lipinski definition) is 4. The van der Waals surface area contributed by atoms with Crippen molar-refractivity contribution in [3.05, 3.63) is 166 Å². The van der Waals surface area contributed by atoms with Crippen LogP contribution in [0.15, 0.2) is 143 Å². The molecule has 8 heteroatoms. The number of anilines is 4. The van der Waals surface area contributed by atoms with E-state index in [-0.39, 0.29) is 11.8 Å². The van der Waals surface area contributed by atoms with Gasteiger partial charge in [0, 0.05) is 11.4 Å². The van der Waals surface area contributed by atoms with Crippen molar-refractivity contribution < 1.29 is 9.59 Å². The lowest BCUT2D eigenvalue weighted by Crippen LogP contribution is -2.23. The fraction of sp³-hybridized carbons (Fsp3) is 0.280. The molecule has 6 rings (SSSR count). The molecule has 0 bridgehead atoms. The van der Waals surface area contributed by atoms with Crippen molar-refractivity contribution in [2.24, 2.45) is 22.0 Å². The molecular formula is C50H58N6O2. The first-order valence-electron chi connectivity index (χ1n) is 20.0. The van der Waals surface area contributed by atoms with Crippen molar-refractivity contribution in [2.45, 2.75) is 81.1 Å². The minimum absolute atomic E-state index is 0.226. The van der Waals surface area contributed by atoms with Gasteiger partial charge in [-0.15, -0.1) is 0 Å². The molecule has 0 saturated heterocycles. The van der Waals surface area contributed by atoms with E-state index >= 15 is 0 Å². The number of benzene rings is 4. The summed E-state index contributed by atoms with van der Waals surface area (Å²) in [4.78, 5) is 25.8. The zero-order chi connectivity index (χ0) is 41.9. The molecular weight excluding hydrogens is 717 g/mol. The van der Waals surface area contributed by atoms with Gasteiger partial charge in [0.05, 0.1) is 33.9 Å². The van der Waals surface area contributed by atoms with Crippen molar-refractivity contribution in [1.29, 1.82) is 0 Å². The van der Waals surface area contributed by atoms with Crippen molar-refractivity contribution in [2.75, 3.05) is 10.6 Å². The average molecular weight is 775 g/mol. The van der Waals surface area contributed by atoms with Crippen LogP contribution >= 0.6 is 0 Å². The molecule has 8 nitrogen and oxygen atoms in total. The molecule has 0 aromatic heterocycles. The Balaban J connectivity index is 0.000000221. The molecule has 0 saturated carbocycles. The third kappa shape index (κ3) is 11.0. The second-order valence-electron chi connectivity index (χ2n) is 15.6. The number of hydrazone groups is 2. The Labute approximate surface area is 345 Å². The number of carbonyl (C=O) groups excluding carboxylic acids is 2. The van der Waals surface area contributed by atoms with Crippen molar-refractivity contribution in [1.82, 2.24) is 10.9 Å². The standard InChI is InChI=1S/2C25H29N3O/c2*1-16(2)20-14-13-18(4)24(15-20)27-28-25(29)21-10-6-7-11-23(21)26-22-12-8-9-17(3)19(22)5/h2*6-13,20,26H,1,14-15H2,2-5H3,(H,28,29)/b2*27-24+/t2*20-/m11/s1. The summed E-state index contributed by atoms with van der Waals surface area (Å²) in [5, 5.41) is 15.7. The molecule has 300 valence electrons. The third-order valence-electron chi connectivity index (χ3n) is 11.3. The molecule has 0 aliphatic heterocycles. The number of amides is 2. The summed E-state index contributed by atoms with van der Waals surface area (Å²) in [6.07, 6.45) is 7.92. The van der Waals surface area contributed by atoms with Gasteiger partial charge < -0.3 is 10.6 Å². The van der Waals surface area contributed by atoms with E-state index in [0.717, 1.165) is 93.3 Å². The second-order valence-corrected chi connectivity index (χ2v) is 15.6. The summed E-state index contributed by atoms with van der Waals surface area (Å²) in [5.41, 5.74) is 21.2. The predicted molar refractivity (Wildman–Crippen MR) is 244 cm³/mol. The number of para-hydroxylation sites is 2. The van der Waals surface area contributed by atoms with Gasteiger partial charge in [-0.2, -0.15) is 10.2 Å². The van der Waals surface area contributed by atoms with Gasteiger partial charge in [0.15, 0.2) is 0 Å². The van der Waals surface area contributed by atoms with E-state index in [2.05, 4.69) is 96.8 Å². The van der Waals surface area contributed by atoms with Gasteiger partial charge in [-0.25, -0.2) is 10.9 Å². The fourth-order valence-corrected chi connectivity index (χ4v) is 6.85. The molecule has 0 spiro atoms. The van der Waals surface area contributed by atoms with Crippen LogP contribution in [0.25, 0.3) is 0 Å². The van der Waals surface area contributed by atoms with Gasteiger partial charge in [-0.05, 0) is 163 Å². The van der Waals surface area contributed by atoms with Crippen molar-refractivity contribution >= 4 is 46.0 Å². The van der Waals surface area contributed by atoms with Crippen LogP contribution in [0.4, 0.5) is 22.7 Å². The molecule has 4 aromatic rings. The number of carbonyl (C=O) groups is 2. The van der Waals surface area contributed by atoms with Gasteiger partial charge in [0.1, 0.15) is 0 Å². The first-order valence-corrected chi connectivity index (χ1v) is 20.0. The molecule has 0 heterocycles. The largest absolute Gasteiger partial charge is 0.355 e. The maximum Gasteiger partial charge on any atom is 0.273 e. The first-order chi connectivity index (χ1) is 27.7. The summed E-state index contributed by atoms with van der Waals surface area (Å²) >= 11 is 0. The zero-order valence-electron chi connectivity index (χ0n) is 35.3. The van der Waals surface area contributed by atoms with E-state index in [0.29, 0.717) is 23.0 Å². The topological polar surface area (TPSA) is 107 Å².